The number of hydrogen-bond donors (Lipinski definition) is 1. The van der Waals surface area contributed by atoms with E-state index in [-0.39, 0.29) is 4.70 Å². The van der Waals surface area contributed by atoms with Gasteiger partial charge in [0.15, 0.2) is 18.9 Å². The normalized spacial score (nSPS) is 8.62. The zero-order valence-electron chi connectivity index (χ0n) is 7.11. The van der Waals surface area contributed by atoms with Crippen LogP contribution in [-0.4, -0.2) is 5.91 Å². The molecule has 13 heavy (non-hydrogen) atoms. The molecule has 3 nitrogen and oxygen atoms in total. The molecule has 1 heterocycles. The molecule has 1 amide bonds. The van der Waals surface area contributed by atoms with Crippen molar-refractivity contribution < 1.29 is 14.1 Å². The largest absolute Gasteiger partial charge is 1.00 e. The Morgan fingerprint density at radius 1 is 1.69 bits per heavy atom. The van der Waals surface area contributed by atoms with E-state index in [1.807, 2.05) is 10.8 Å². The van der Waals surface area contributed by atoms with E-state index in [9.17, 15) is 4.79 Å². The van der Waals surface area contributed by atoms with Crippen molar-refractivity contribution in [3.63, 3.8) is 0 Å². The molecule has 0 saturated heterocycles. The molecular weight excluding hydrogens is 171 g/mol. The summed E-state index contributed by atoms with van der Waals surface area (Å²) in [5.74, 6) is -0.409. The van der Waals surface area contributed by atoms with Crippen molar-refractivity contribution >= 4 is 5.91 Å². The van der Waals surface area contributed by atoms with Crippen molar-refractivity contribution in [3.8, 4) is 0 Å². The average Bonchev–Trinajstić information content (AvgIpc) is 2.05. The first-order valence-corrected chi connectivity index (χ1v) is 3.64. The standard InChI is InChI=1S/C9H10N2O.FH/c1-2-5-11-6-3-4-8(7-11)9(10)12;/h2-4,6-7H,1,5H2,(H-,10,12);1H. The Kier molecular flexibility index (Phi) is 4.37. The van der Waals surface area contributed by atoms with Gasteiger partial charge >= 0.3 is 0 Å². The van der Waals surface area contributed by atoms with Crippen LogP contribution in [0.1, 0.15) is 10.4 Å². The highest BCUT2D eigenvalue weighted by atomic mass is 19.0. The minimum atomic E-state index is -0.409. The zero-order valence-corrected chi connectivity index (χ0v) is 7.11. The lowest BCUT2D eigenvalue weighted by atomic mass is 10.3. The van der Waals surface area contributed by atoms with Gasteiger partial charge in [-0.05, 0) is 12.1 Å². The lowest BCUT2D eigenvalue weighted by Crippen LogP contribution is -3.00. The highest BCUT2D eigenvalue weighted by Crippen LogP contribution is 1.91. The third-order valence-electron chi connectivity index (χ3n) is 1.48. The molecule has 1 rings (SSSR count). The molecule has 0 saturated carbocycles. The number of aromatic nitrogens is 1. The van der Waals surface area contributed by atoms with Crippen molar-refractivity contribution in [2.45, 2.75) is 6.54 Å². The molecule has 4 heteroatoms. The number of carbonyl (C=O) groups excluding carboxylic acids is 1. The molecule has 0 fully saturated rings. The van der Waals surface area contributed by atoms with Crippen LogP contribution < -0.4 is 15.0 Å². The summed E-state index contributed by atoms with van der Waals surface area (Å²) in [6.07, 6.45) is 5.31. The summed E-state index contributed by atoms with van der Waals surface area (Å²) in [5, 5.41) is 0. The number of halogens is 1. The van der Waals surface area contributed by atoms with Crippen LogP contribution in [0.3, 0.4) is 0 Å². The summed E-state index contributed by atoms with van der Waals surface area (Å²) >= 11 is 0. The van der Waals surface area contributed by atoms with Gasteiger partial charge in [-0.25, -0.2) is 4.57 Å². The van der Waals surface area contributed by atoms with E-state index in [0.29, 0.717) is 12.1 Å². The lowest BCUT2D eigenvalue weighted by Gasteiger charge is -1.93. The quantitative estimate of drug-likeness (QED) is 0.400. The van der Waals surface area contributed by atoms with E-state index in [1.54, 1.807) is 24.4 Å². The first kappa shape index (κ1) is 11.3. The van der Waals surface area contributed by atoms with Gasteiger partial charge in [0.2, 0.25) is 0 Å². The van der Waals surface area contributed by atoms with Crippen LogP contribution in [0.15, 0.2) is 37.2 Å². The first-order chi connectivity index (χ1) is 5.74. The van der Waals surface area contributed by atoms with E-state index in [0.717, 1.165) is 0 Å². The summed E-state index contributed by atoms with van der Waals surface area (Å²) in [6.45, 7) is 4.28. The van der Waals surface area contributed by atoms with Gasteiger partial charge in [-0.2, -0.15) is 0 Å². The smallest absolute Gasteiger partial charge is 0.254 e. The van der Waals surface area contributed by atoms with Crippen LogP contribution in [0.4, 0.5) is 0 Å². The molecule has 0 bridgehead atoms. The van der Waals surface area contributed by atoms with Crippen molar-refractivity contribution in [2.75, 3.05) is 0 Å². The lowest BCUT2D eigenvalue weighted by molar-refractivity contribution is -0.687. The third kappa shape index (κ3) is 3.02. The van der Waals surface area contributed by atoms with Crippen molar-refractivity contribution in [1.29, 1.82) is 0 Å². The Labute approximate surface area is 75.9 Å². The van der Waals surface area contributed by atoms with Crippen LogP contribution in [0.25, 0.3) is 0 Å². The molecule has 0 aliphatic heterocycles. The molecule has 0 aliphatic carbocycles. The number of nitrogens with two attached hydrogens (primary N) is 1. The Bertz CT molecular complexity index is 312. The fraction of sp³-hybridized carbons (Fsp3) is 0.111. The van der Waals surface area contributed by atoms with E-state index < -0.39 is 5.91 Å². The fourth-order valence-corrected chi connectivity index (χ4v) is 0.930. The second-order valence-corrected chi connectivity index (χ2v) is 2.44. The van der Waals surface area contributed by atoms with Crippen LogP contribution in [0, 0.1) is 0 Å². The molecular formula is C9H11FN2O. The molecule has 1 aromatic rings. The molecule has 0 unspecified atom stereocenters. The molecule has 70 valence electrons. The SMILES string of the molecule is C=CC[n+]1cccc(C(N)=O)c1.[F-]. The van der Waals surface area contributed by atoms with Gasteiger partial charge in [-0.1, -0.05) is 6.58 Å². The third-order valence-corrected chi connectivity index (χ3v) is 1.48. The molecule has 1 aromatic heterocycles. The van der Waals surface area contributed by atoms with Gasteiger partial charge in [-0.3, -0.25) is 4.79 Å². The highest BCUT2D eigenvalue weighted by Gasteiger charge is 2.04. The maximum Gasteiger partial charge on any atom is 0.254 e. The number of amides is 1. The summed E-state index contributed by atoms with van der Waals surface area (Å²) in [7, 11) is 0. The minimum absolute atomic E-state index is 0. The Hall–Kier alpha value is -1.71. The predicted molar refractivity (Wildman–Crippen MR) is 45.4 cm³/mol. The Balaban J connectivity index is 0.00000144. The van der Waals surface area contributed by atoms with Gasteiger partial charge < -0.3 is 10.4 Å². The van der Waals surface area contributed by atoms with Gasteiger partial charge in [-0.15, -0.1) is 0 Å². The zero-order chi connectivity index (χ0) is 8.97. The van der Waals surface area contributed by atoms with E-state index in [4.69, 9.17) is 5.73 Å². The van der Waals surface area contributed by atoms with Crippen LogP contribution in [-0.2, 0) is 6.54 Å². The maximum absolute atomic E-state index is 10.7. The molecule has 0 aliphatic rings. The molecule has 0 atom stereocenters. The van der Waals surface area contributed by atoms with Gasteiger partial charge in [0, 0.05) is 6.07 Å². The van der Waals surface area contributed by atoms with Crippen LogP contribution in [0.2, 0.25) is 0 Å². The van der Waals surface area contributed by atoms with E-state index >= 15 is 0 Å². The fourth-order valence-electron chi connectivity index (χ4n) is 0.930. The summed E-state index contributed by atoms with van der Waals surface area (Å²) in [4.78, 5) is 10.7. The Morgan fingerprint density at radius 2 is 2.38 bits per heavy atom. The monoisotopic (exact) mass is 182 g/mol. The van der Waals surface area contributed by atoms with Crippen molar-refractivity contribution in [3.05, 3.63) is 42.7 Å². The summed E-state index contributed by atoms with van der Waals surface area (Å²) in [5.41, 5.74) is 5.61. The van der Waals surface area contributed by atoms with Crippen molar-refractivity contribution in [2.24, 2.45) is 5.73 Å². The minimum Gasteiger partial charge on any atom is -1.00 e. The number of pyridine rings is 1. The number of primary amides is 1. The molecule has 2 N–H and O–H groups in total. The Morgan fingerprint density at radius 3 is 2.92 bits per heavy atom. The molecule has 0 spiro atoms. The van der Waals surface area contributed by atoms with Crippen molar-refractivity contribution in [1.82, 2.24) is 0 Å². The van der Waals surface area contributed by atoms with Crippen LogP contribution >= 0.6 is 0 Å². The maximum atomic E-state index is 10.7. The van der Waals surface area contributed by atoms with Gasteiger partial charge in [0.1, 0.15) is 5.56 Å². The number of allylic oxidation sites excluding steroid dienone is 1. The number of nitrogens with zero attached hydrogens (tertiary/aromatic N) is 1. The summed E-state index contributed by atoms with van der Waals surface area (Å²) in [6, 6.07) is 3.46. The molecule has 0 aromatic carbocycles. The summed E-state index contributed by atoms with van der Waals surface area (Å²) < 4.78 is 1.84. The number of carbonyl (C=O) groups is 1. The average molecular weight is 182 g/mol. The van der Waals surface area contributed by atoms with Gasteiger partial charge in [0.05, 0.1) is 0 Å². The second kappa shape index (κ2) is 5.03. The highest BCUT2D eigenvalue weighted by molar-refractivity contribution is 5.92. The van der Waals surface area contributed by atoms with Gasteiger partial charge in [0.25, 0.3) is 5.91 Å². The predicted octanol–water partition coefficient (Wildman–Crippen LogP) is -2.74. The van der Waals surface area contributed by atoms with E-state index in [2.05, 4.69) is 6.58 Å². The number of rotatable bonds is 3. The molecule has 0 radical (unpaired) electrons. The second-order valence-electron chi connectivity index (χ2n) is 2.44. The van der Waals surface area contributed by atoms with Crippen LogP contribution in [0.5, 0.6) is 0 Å². The first-order valence-electron chi connectivity index (χ1n) is 3.64. The van der Waals surface area contributed by atoms with E-state index in [1.165, 1.54) is 0 Å². The number of hydrogen-bond acceptors (Lipinski definition) is 1. The topological polar surface area (TPSA) is 47.0 Å².